The van der Waals surface area contributed by atoms with E-state index in [1.165, 1.54) is 14.6 Å². The molecule has 2 rings (SSSR count). The van der Waals surface area contributed by atoms with Gasteiger partial charge < -0.3 is 5.73 Å². The second-order valence-electron chi connectivity index (χ2n) is 3.08. The van der Waals surface area contributed by atoms with E-state index in [0.717, 1.165) is 11.4 Å². The van der Waals surface area contributed by atoms with Crippen molar-refractivity contribution in [2.75, 3.05) is 6.54 Å². The van der Waals surface area contributed by atoms with Gasteiger partial charge >= 0.3 is 0 Å². The van der Waals surface area contributed by atoms with E-state index < -0.39 is 0 Å². The Labute approximate surface area is 91.4 Å². The summed E-state index contributed by atoms with van der Waals surface area (Å²) in [5.74, 6) is 0. The highest BCUT2D eigenvalue weighted by molar-refractivity contribution is 7.21. The van der Waals surface area contributed by atoms with Gasteiger partial charge in [0.25, 0.3) is 0 Å². The molecule has 2 aromatic heterocycles. The first-order chi connectivity index (χ1) is 6.79. The van der Waals surface area contributed by atoms with Crippen LogP contribution in [-0.2, 0) is 6.42 Å². The molecule has 4 heteroatoms. The SMILES string of the molecule is Cc1ccc(-c2ncc(CCN)s2)s1. The quantitative estimate of drug-likeness (QED) is 0.870. The standard InChI is InChI=1S/C10H12N2S2/c1-7-2-3-9(13-7)10-12-6-8(14-10)4-5-11/h2-3,6H,4-5,11H2,1H3. The number of nitrogens with zero attached hydrogens (tertiary/aromatic N) is 1. The maximum absolute atomic E-state index is 5.49. The number of thiophene rings is 1. The topological polar surface area (TPSA) is 38.9 Å². The summed E-state index contributed by atoms with van der Waals surface area (Å²) in [5.41, 5.74) is 5.49. The highest BCUT2D eigenvalue weighted by atomic mass is 32.1. The molecule has 0 aliphatic rings. The Hall–Kier alpha value is -0.710. The second-order valence-corrected chi connectivity index (χ2v) is 5.48. The molecule has 2 N–H and O–H groups in total. The Morgan fingerprint density at radius 1 is 1.36 bits per heavy atom. The summed E-state index contributed by atoms with van der Waals surface area (Å²) < 4.78 is 0. The van der Waals surface area contributed by atoms with Crippen molar-refractivity contribution < 1.29 is 0 Å². The number of thiazole rings is 1. The van der Waals surface area contributed by atoms with E-state index in [1.54, 1.807) is 22.7 Å². The van der Waals surface area contributed by atoms with Crippen LogP contribution in [0.15, 0.2) is 18.3 Å². The second kappa shape index (κ2) is 4.21. The lowest BCUT2D eigenvalue weighted by Crippen LogP contribution is -2.00. The molecule has 0 atom stereocenters. The van der Waals surface area contributed by atoms with Crippen LogP contribution >= 0.6 is 22.7 Å². The predicted octanol–water partition coefficient (Wildman–Crippen LogP) is 2.68. The molecule has 0 aliphatic carbocycles. The first kappa shape index (κ1) is 9.83. The van der Waals surface area contributed by atoms with E-state index >= 15 is 0 Å². The summed E-state index contributed by atoms with van der Waals surface area (Å²) in [6.45, 7) is 2.81. The minimum atomic E-state index is 0.700. The maximum atomic E-state index is 5.49. The highest BCUT2D eigenvalue weighted by Crippen LogP contribution is 2.30. The molecular formula is C10H12N2S2. The maximum Gasteiger partial charge on any atom is 0.133 e. The van der Waals surface area contributed by atoms with E-state index in [2.05, 4.69) is 24.0 Å². The van der Waals surface area contributed by atoms with Crippen LogP contribution in [0.25, 0.3) is 9.88 Å². The van der Waals surface area contributed by atoms with E-state index in [0.29, 0.717) is 6.54 Å². The largest absolute Gasteiger partial charge is 0.330 e. The zero-order valence-corrected chi connectivity index (χ0v) is 9.62. The third-order valence-electron chi connectivity index (χ3n) is 1.90. The van der Waals surface area contributed by atoms with E-state index in [9.17, 15) is 0 Å². The van der Waals surface area contributed by atoms with E-state index in [4.69, 9.17) is 5.73 Å². The van der Waals surface area contributed by atoms with E-state index in [1.807, 2.05) is 6.20 Å². The molecule has 2 nitrogen and oxygen atoms in total. The van der Waals surface area contributed by atoms with Gasteiger partial charge in [-0.15, -0.1) is 22.7 Å². The summed E-state index contributed by atoms with van der Waals surface area (Å²) in [5, 5.41) is 1.12. The van der Waals surface area contributed by atoms with Gasteiger partial charge in [0.15, 0.2) is 0 Å². The Balaban J connectivity index is 2.24. The molecule has 0 amide bonds. The molecule has 0 saturated carbocycles. The van der Waals surface area contributed by atoms with Gasteiger partial charge in [-0.3, -0.25) is 0 Å². The molecule has 2 aromatic rings. The summed E-state index contributed by atoms with van der Waals surface area (Å²) >= 11 is 3.53. The van der Waals surface area contributed by atoms with Crippen LogP contribution in [-0.4, -0.2) is 11.5 Å². The molecule has 0 radical (unpaired) electrons. The molecule has 14 heavy (non-hydrogen) atoms. The zero-order chi connectivity index (χ0) is 9.97. The molecule has 0 fully saturated rings. The van der Waals surface area contributed by atoms with Gasteiger partial charge in [0.2, 0.25) is 0 Å². The van der Waals surface area contributed by atoms with Crippen LogP contribution in [0, 0.1) is 6.92 Å². The van der Waals surface area contributed by atoms with Crippen LogP contribution in [0.4, 0.5) is 0 Å². The minimum absolute atomic E-state index is 0.700. The summed E-state index contributed by atoms with van der Waals surface area (Å²) in [7, 11) is 0. The smallest absolute Gasteiger partial charge is 0.133 e. The van der Waals surface area contributed by atoms with Crippen molar-refractivity contribution >= 4 is 22.7 Å². The van der Waals surface area contributed by atoms with Gasteiger partial charge in [-0.1, -0.05) is 0 Å². The Morgan fingerprint density at radius 3 is 2.86 bits per heavy atom. The number of rotatable bonds is 3. The van der Waals surface area contributed by atoms with Crippen LogP contribution in [0.1, 0.15) is 9.75 Å². The average Bonchev–Trinajstić information content (AvgIpc) is 2.74. The fraction of sp³-hybridized carbons (Fsp3) is 0.300. The number of hydrogen-bond acceptors (Lipinski definition) is 4. The van der Waals surface area contributed by atoms with Gasteiger partial charge in [-0.2, -0.15) is 0 Å². The van der Waals surface area contributed by atoms with Crippen molar-refractivity contribution in [3.8, 4) is 9.88 Å². The van der Waals surface area contributed by atoms with Crippen molar-refractivity contribution in [3.63, 3.8) is 0 Å². The Morgan fingerprint density at radius 2 is 2.21 bits per heavy atom. The molecule has 74 valence electrons. The fourth-order valence-electron chi connectivity index (χ4n) is 1.23. The van der Waals surface area contributed by atoms with Crippen molar-refractivity contribution in [3.05, 3.63) is 28.1 Å². The predicted molar refractivity (Wildman–Crippen MR) is 62.9 cm³/mol. The third-order valence-corrected chi connectivity index (χ3v) is 4.12. The molecule has 0 bridgehead atoms. The lowest BCUT2D eigenvalue weighted by molar-refractivity contribution is 0.984. The molecule has 0 aliphatic heterocycles. The summed E-state index contributed by atoms with van der Waals surface area (Å²) in [4.78, 5) is 8.25. The van der Waals surface area contributed by atoms with Crippen LogP contribution in [0.2, 0.25) is 0 Å². The number of aromatic nitrogens is 1. The fourth-order valence-corrected chi connectivity index (χ4v) is 3.09. The first-order valence-corrected chi connectivity index (χ1v) is 6.14. The lowest BCUT2D eigenvalue weighted by Gasteiger charge is -1.88. The van der Waals surface area contributed by atoms with Crippen molar-refractivity contribution in [2.45, 2.75) is 13.3 Å². The van der Waals surface area contributed by atoms with Crippen LogP contribution < -0.4 is 5.73 Å². The van der Waals surface area contributed by atoms with Gasteiger partial charge in [-0.25, -0.2) is 4.98 Å². The number of nitrogens with two attached hydrogens (primary N) is 1. The normalized spacial score (nSPS) is 10.7. The minimum Gasteiger partial charge on any atom is -0.330 e. The van der Waals surface area contributed by atoms with Gasteiger partial charge in [0.05, 0.1) is 4.88 Å². The Bertz CT molecular complexity index is 417. The molecule has 0 spiro atoms. The summed E-state index contributed by atoms with van der Waals surface area (Å²) in [6, 6.07) is 4.26. The third kappa shape index (κ3) is 2.03. The first-order valence-electron chi connectivity index (χ1n) is 4.51. The van der Waals surface area contributed by atoms with Gasteiger partial charge in [0, 0.05) is 16.0 Å². The molecule has 0 unspecified atom stereocenters. The lowest BCUT2D eigenvalue weighted by atomic mass is 10.4. The van der Waals surface area contributed by atoms with Gasteiger partial charge in [-0.05, 0) is 32.0 Å². The molecule has 0 saturated heterocycles. The van der Waals surface area contributed by atoms with Gasteiger partial charge in [0.1, 0.15) is 5.01 Å². The van der Waals surface area contributed by atoms with Crippen LogP contribution in [0.3, 0.4) is 0 Å². The number of aryl methyl sites for hydroxylation is 1. The number of hydrogen-bond donors (Lipinski definition) is 1. The van der Waals surface area contributed by atoms with Crippen LogP contribution in [0.5, 0.6) is 0 Å². The van der Waals surface area contributed by atoms with Crippen molar-refractivity contribution in [1.29, 1.82) is 0 Å². The van der Waals surface area contributed by atoms with E-state index in [-0.39, 0.29) is 0 Å². The Kier molecular flexibility index (Phi) is 2.96. The zero-order valence-electron chi connectivity index (χ0n) is 7.99. The highest BCUT2D eigenvalue weighted by Gasteiger charge is 2.05. The molecular weight excluding hydrogens is 212 g/mol. The van der Waals surface area contributed by atoms with Crippen molar-refractivity contribution in [2.24, 2.45) is 5.73 Å². The van der Waals surface area contributed by atoms with Crippen molar-refractivity contribution in [1.82, 2.24) is 4.98 Å². The monoisotopic (exact) mass is 224 g/mol. The average molecular weight is 224 g/mol. The summed E-state index contributed by atoms with van der Waals surface area (Å²) in [6.07, 6.45) is 2.87. The molecule has 0 aromatic carbocycles. The molecule has 2 heterocycles.